The number of amides is 2. The Labute approximate surface area is 179 Å². The number of ether oxygens (including phenoxy) is 2. The molecule has 30 heavy (non-hydrogen) atoms. The summed E-state index contributed by atoms with van der Waals surface area (Å²) in [6.45, 7) is 6.55. The maximum absolute atomic E-state index is 12.2. The van der Waals surface area contributed by atoms with Crippen LogP contribution in [0.5, 0.6) is 5.75 Å². The molecule has 0 bridgehead atoms. The number of hydrogen-bond acceptors (Lipinski definition) is 7. The topological polar surface area (TPSA) is 92.8 Å². The Kier molecular flexibility index (Phi) is 6.31. The summed E-state index contributed by atoms with van der Waals surface area (Å²) in [5.74, 6) is 0.377. The molecule has 2 N–H and O–H groups in total. The van der Waals surface area contributed by atoms with E-state index in [0.717, 1.165) is 36.6 Å². The molecule has 0 aliphatic carbocycles. The van der Waals surface area contributed by atoms with Gasteiger partial charge in [0.25, 0.3) is 5.91 Å². The summed E-state index contributed by atoms with van der Waals surface area (Å²) in [4.78, 5) is 30.5. The average molecular weight is 431 g/mol. The minimum Gasteiger partial charge on any atom is -0.484 e. The SMILES string of the molecule is CC1CN(Cc2csc(NC(=O)COc3ccc4c(c3)CCC(=O)N4)n2)CC(C)O1. The summed E-state index contributed by atoms with van der Waals surface area (Å²) in [5.41, 5.74) is 2.76. The van der Waals surface area contributed by atoms with Crippen molar-refractivity contribution in [3.8, 4) is 5.75 Å². The number of benzene rings is 1. The summed E-state index contributed by atoms with van der Waals surface area (Å²) in [6.07, 6.45) is 1.56. The fraction of sp³-hybridized carbons (Fsp3) is 0.476. The summed E-state index contributed by atoms with van der Waals surface area (Å²) >= 11 is 1.41. The normalized spacial score (nSPS) is 21.6. The van der Waals surface area contributed by atoms with Crippen LogP contribution in [-0.2, 0) is 27.3 Å². The van der Waals surface area contributed by atoms with Crippen LogP contribution in [0.4, 0.5) is 10.8 Å². The highest BCUT2D eigenvalue weighted by Gasteiger charge is 2.23. The molecule has 9 heteroatoms. The maximum atomic E-state index is 12.2. The Morgan fingerprint density at radius 2 is 2.13 bits per heavy atom. The van der Waals surface area contributed by atoms with E-state index < -0.39 is 0 Å². The predicted molar refractivity (Wildman–Crippen MR) is 115 cm³/mol. The molecule has 0 saturated carbocycles. The molecule has 8 nitrogen and oxygen atoms in total. The minimum absolute atomic E-state index is 0.0241. The summed E-state index contributed by atoms with van der Waals surface area (Å²) in [5, 5.41) is 8.17. The molecule has 2 aliphatic rings. The van der Waals surface area contributed by atoms with E-state index in [1.54, 1.807) is 12.1 Å². The number of fused-ring (bicyclic) bond motifs is 1. The molecule has 160 valence electrons. The molecule has 4 rings (SSSR count). The van der Waals surface area contributed by atoms with Crippen molar-refractivity contribution in [1.29, 1.82) is 0 Å². The maximum Gasteiger partial charge on any atom is 0.264 e. The first-order valence-corrected chi connectivity index (χ1v) is 11.0. The molecule has 2 aromatic rings. The van der Waals surface area contributed by atoms with Crippen LogP contribution in [0.25, 0.3) is 0 Å². The van der Waals surface area contributed by atoms with Crippen molar-refractivity contribution in [1.82, 2.24) is 9.88 Å². The van der Waals surface area contributed by atoms with Crippen molar-refractivity contribution in [2.45, 2.75) is 45.4 Å². The standard InChI is InChI=1S/C21H26N4O4S/c1-13-8-25(9-14(2)29-13)10-16-12-30-21(22-16)24-20(27)11-28-17-4-5-18-15(7-17)3-6-19(26)23-18/h4-5,7,12-14H,3,6,8-11H2,1-2H3,(H,23,26)(H,22,24,27). The molecule has 0 radical (unpaired) electrons. The molecule has 2 amide bonds. The summed E-state index contributed by atoms with van der Waals surface area (Å²) in [7, 11) is 0. The van der Waals surface area contributed by atoms with E-state index in [1.807, 2.05) is 11.4 Å². The first-order valence-electron chi connectivity index (χ1n) is 10.1. The van der Waals surface area contributed by atoms with Gasteiger partial charge in [0.15, 0.2) is 11.7 Å². The zero-order chi connectivity index (χ0) is 21.1. The third-order valence-corrected chi connectivity index (χ3v) is 5.83. The zero-order valence-corrected chi connectivity index (χ0v) is 18.0. The van der Waals surface area contributed by atoms with Crippen molar-refractivity contribution in [3.05, 3.63) is 34.8 Å². The van der Waals surface area contributed by atoms with E-state index in [2.05, 4.69) is 34.4 Å². The fourth-order valence-electron chi connectivity index (χ4n) is 3.83. The van der Waals surface area contributed by atoms with Crippen molar-refractivity contribution in [2.24, 2.45) is 0 Å². The first-order chi connectivity index (χ1) is 14.4. The number of carbonyl (C=O) groups is 2. The van der Waals surface area contributed by atoms with Crippen LogP contribution < -0.4 is 15.4 Å². The van der Waals surface area contributed by atoms with Crippen LogP contribution in [-0.4, -0.2) is 53.6 Å². The Bertz CT molecular complexity index is 921. The average Bonchev–Trinajstić information content (AvgIpc) is 3.12. The van der Waals surface area contributed by atoms with Crippen molar-refractivity contribution in [3.63, 3.8) is 0 Å². The number of thiazole rings is 1. The second kappa shape index (κ2) is 9.11. The smallest absolute Gasteiger partial charge is 0.264 e. The Morgan fingerprint density at radius 3 is 2.93 bits per heavy atom. The van der Waals surface area contributed by atoms with E-state index in [0.29, 0.717) is 23.7 Å². The lowest BCUT2D eigenvalue weighted by Crippen LogP contribution is -2.44. The van der Waals surface area contributed by atoms with Gasteiger partial charge >= 0.3 is 0 Å². The number of nitrogens with zero attached hydrogens (tertiary/aromatic N) is 2. The van der Waals surface area contributed by atoms with Crippen molar-refractivity contribution < 1.29 is 19.1 Å². The summed E-state index contributed by atoms with van der Waals surface area (Å²) < 4.78 is 11.4. The van der Waals surface area contributed by atoms with Crippen LogP contribution in [0.3, 0.4) is 0 Å². The van der Waals surface area contributed by atoms with Gasteiger partial charge in [0, 0.05) is 37.1 Å². The Balaban J connectivity index is 1.26. The molecule has 2 atom stereocenters. The number of aromatic nitrogens is 1. The molecule has 1 aromatic heterocycles. The van der Waals surface area contributed by atoms with Crippen molar-refractivity contribution in [2.75, 3.05) is 30.3 Å². The molecule has 2 unspecified atom stereocenters. The van der Waals surface area contributed by atoms with Gasteiger partial charge in [0.1, 0.15) is 5.75 Å². The lowest BCUT2D eigenvalue weighted by molar-refractivity contribution is -0.118. The monoisotopic (exact) mass is 430 g/mol. The van der Waals surface area contributed by atoms with Gasteiger partial charge in [-0.25, -0.2) is 4.98 Å². The van der Waals surface area contributed by atoms with E-state index >= 15 is 0 Å². The van der Waals surface area contributed by atoms with Crippen LogP contribution in [0, 0.1) is 0 Å². The van der Waals surface area contributed by atoms with Crippen LogP contribution >= 0.6 is 11.3 Å². The Hall–Kier alpha value is -2.49. The fourth-order valence-corrected chi connectivity index (χ4v) is 4.55. The predicted octanol–water partition coefficient (Wildman–Crippen LogP) is 2.65. The third-order valence-electron chi connectivity index (χ3n) is 5.02. The van der Waals surface area contributed by atoms with Gasteiger partial charge in [-0.3, -0.25) is 19.8 Å². The lowest BCUT2D eigenvalue weighted by atomic mass is 10.0. The van der Waals surface area contributed by atoms with E-state index in [1.165, 1.54) is 11.3 Å². The minimum atomic E-state index is -0.254. The van der Waals surface area contributed by atoms with Gasteiger partial charge in [-0.1, -0.05) is 0 Å². The number of rotatable bonds is 6. The van der Waals surface area contributed by atoms with E-state index in [4.69, 9.17) is 9.47 Å². The highest BCUT2D eigenvalue weighted by molar-refractivity contribution is 7.13. The molecule has 1 saturated heterocycles. The molecule has 1 fully saturated rings. The van der Waals surface area contributed by atoms with E-state index in [9.17, 15) is 9.59 Å². The van der Waals surface area contributed by atoms with Gasteiger partial charge < -0.3 is 14.8 Å². The van der Waals surface area contributed by atoms with Gasteiger partial charge in [-0.2, -0.15) is 0 Å². The third kappa shape index (κ3) is 5.35. The number of hydrogen-bond donors (Lipinski definition) is 2. The van der Waals surface area contributed by atoms with Crippen LogP contribution in [0.2, 0.25) is 0 Å². The largest absolute Gasteiger partial charge is 0.484 e. The highest BCUT2D eigenvalue weighted by atomic mass is 32.1. The molecular weight excluding hydrogens is 404 g/mol. The number of aryl methyl sites for hydroxylation is 1. The number of nitrogens with one attached hydrogen (secondary N) is 2. The van der Waals surface area contributed by atoms with Gasteiger partial charge in [0.05, 0.1) is 17.9 Å². The van der Waals surface area contributed by atoms with Gasteiger partial charge in [-0.15, -0.1) is 11.3 Å². The quantitative estimate of drug-likeness (QED) is 0.732. The van der Waals surface area contributed by atoms with Crippen molar-refractivity contribution >= 4 is 34.0 Å². The molecule has 0 spiro atoms. The molecule has 2 aliphatic heterocycles. The van der Waals surface area contributed by atoms with Gasteiger partial charge in [-0.05, 0) is 44.0 Å². The van der Waals surface area contributed by atoms with Crippen LogP contribution in [0.1, 0.15) is 31.5 Å². The molecule has 3 heterocycles. The summed E-state index contributed by atoms with van der Waals surface area (Å²) in [6, 6.07) is 5.43. The second-order valence-corrected chi connectivity index (χ2v) is 8.66. The molecule has 1 aromatic carbocycles. The zero-order valence-electron chi connectivity index (χ0n) is 17.1. The first kappa shape index (κ1) is 20.8. The van der Waals surface area contributed by atoms with E-state index in [-0.39, 0.29) is 30.6 Å². The molecular formula is C21H26N4O4S. The highest BCUT2D eigenvalue weighted by Crippen LogP contribution is 2.27. The van der Waals surface area contributed by atoms with Crippen LogP contribution in [0.15, 0.2) is 23.6 Å². The number of carbonyl (C=O) groups excluding carboxylic acids is 2. The second-order valence-electron chi connectivity index (χ2n) is 7.80. The number of morpholine rings is 1. The van der Waals surface area contributed by atoms with Gasteiger partial charge in [0.2, 0.25) is 5.91 Å². The number of anilines is 2. The Morgan fingerprint density at radius 1 is 1.33 bits per heavy atom. The lowest BCUT2D eigenvalue weighted by Gasteiger charge is -2.34.